The van der Waals surface area contributed by atoms with Gasteiger partial charge in [-0.15, -0.1) is 0 Å². The first-order valence-corrected chi connectivity index (χ1v) is 12.0. The van der Waals surface area contributed by atoms with E-state index in [0.717, 1.165) is 42.3 Å². The number of hydrogen-bond acceptors (Lipinski definition) is 4. The third kappa shape index (κ3) is 3.88. The number of aromatic nitrogens is 2. The maximum atomic E-state index is 13.8. The summed E-state index contributed by atoms with van der Waals surface area (Å²) in [5.41, 5.74) is 2.60. The van der Waals surface area contributed by atoms with Crippen molar-refractivity contribution in [2.75, 3.05) is 0 Å². The Morgan fingerprint density at radius 1 is 1.03 bits per heavy atom. The first kappa shape index (κ1) is 22.3. The zero-order chi connectivity index (χ0) is 24.8. The van der Waals surface area contributed by atoms with E-state index in [0.29, 0.717) is 34.1 Å². The summed E-state index contributed by atoms with van der Waals surface area (Å²) >= 11 is 0. The average molecular weight is 483 g/mol. The molecule has 0 atom stereocenters. The van der Waals surface area contributed by atoms with Gasteiger partial charge in [-0.25, -0.2) is 14.0 Å². The van der Waals surface area contributed by atoms with Gasteiger partial charge in [-0.05, 0) is 67.5 Å². The highest BCUT2D eigenvalue weighted by Crippen LogP contribution is 2.31. The molecule has 6 rings (SSSR count). The fourth-order valence-electron chi connectivity index (χ4n) is 5.40. The quantitative estimate of drug-likeness (QED) is 0.260. The first-order chi connectivity index (χ1) is 17.5. The molecule has 180 valence electrons. The lowest BCUT2D eigenvalue weighted by atomic mass is 9.90. The zero-order valence-corrected chi connectivity index (χ0v) is 19.4. The Morgan fingerprint density at radius 2 is 1.83 bits per heavy atom. The minimum atomic E-state index is -0.450. The highest BCUT2D eigenvalue weighted by atomic mass is 19.1. The number of pyridine rings is 1. The highest BCUT2D eigenvalue weighted by Gasteiger charge is 2.24. The largest absolute Gasteiger partial charge is 0.422 e. The SMILES string of the molecule is [C-]#[N+]c1ccc2ccc(=O)n(C3CCC(NCc4cc5c(=O)oc6ccc(F)cc6c5[nH]4)CC3)c2c1. The van der Waals surface area contributed by atoms with Gasteiger partial charge in [-0.1, -0.05) is 12.1 Å². The predicted octanol–water partition coefficient (Wildman–Crippen LogP) is 5.55. The van der Waals surface area contributed by atoms with Crippen LogP contribution in [0.4, 0.5) is 10.1 Å². The first-order valence-electron chi connectivity index (χ1n) is 12.0. The van der Waals surface area contributed by atoms with Gasteiger partial charge in [0.15, 0.2) is 5.69 Å². The molecule has 36 heavy (non-hydrogen) atoms. The van der Waals surface area contributed by atoms with Crippen LogP contribution in [0.25, 0.3) is 37.6 Å². The monoisotopic (exact) mass is 482 g/mol. The third-order valence-corrected chi connectivity index (χ3v) is 7.20. The Labute approximate surface area is 205 Å². The molecular weight excluding hydrogens is 459 g/mol. The van der Waals surface area contributed by atoms with Crippen LogP contribution in [0.1, 0.15) is 37.4 Å². The Kier molecular flexibility index (Phi) is 5.42. The van der Waals surface area contributed by atoms with Crippen molar-refractivity contribution in [1.29, 1.82) is 0 Å². The lowest BCUT2D eigenvalue weighted by molar-refractivity contribution is 0.290. The molecule has 0 aliphatic heterocycles. The molecule has 3 heterocycles. The van der Waals surface area contributed by atoms with E-state index in [-0.39, 0.29) is 23.5 Å². The van der Waals surface area contributed by atoms with E-state index < -0.39 is 5.63 Å². The molecule has 0 unspecified atom stereocenters. The van der Waals surface area contributed by atoms with Gasteiger partial charge in [0.05, 0.1) is 17.5 Å². The van der Waals surface area contributed by atoms with Crippen molar-refractivity contribution in [1.82, 2.24) is 14.9 Å². The average Bonchev–Trinajstić information content (AvgIpc) is 3.33. The van der Waals surface area contributed by atoms with Crippen LogP contribution in [0.3, 0.4) is 0 Å². The Morgan fingerprint density at radius 3 is 2.64 bits per heavy atom. The second kappa shape index (κ2) is 8.77. The summed E-state index contributed by atoms with van der Waals surface area (Å²) in [4.78, 5) is 31.9. The number of fused-ring (bicyclic) bond motifs is 4. The molecule has 3 aromatic heterocycles. The van der Waals surface area contributed by atoms with Crippen molar-refractivity contribution >= 4 is 38.5 Å². The number of nitrogens with one attached hydrogen (secondary N) is 2. The van der Waals surface area contributed by atoms with Crippen molar-refractivity contribution < 1.29 is 8.81 Å². The van der Waals surface area contributed by atoms with E-state index in [1.165, 1.54) is 18.2 Å². The zero-order valence-electron chi connectivity index (χ0n) is 19.4. The molecule has 0 spiro atoms. The van der Waals surface area contributed by atoms with Crippen molar-refractivity contribution in [3.8, 4) is 0 Å². The van der Waals surface area contributed by atoms with E-state index in [1.807, 2.05) is 16.7 Å². The van der Waals surface area contributed by atoms with Crippen molar-refractivity contribution in [3.05, 3.63) is 98.3 Å². The summed E-state index contributed by atoms with van der Waals surface area (Å²) in [6.45, 7) is 7.85. The van der Waals surface area contributed by atoms with Crippen LogP contribution >= 0.6 is 0 Å². The molecule has 1 saturated carbocycles. The summed E-state index contributed by atoms with van der Waals surface area (Å²) in [6, 6.07) is 15.1. The minimum absolute atomic E-state index is 0.0402. The molecule has 0 amide bonds. The van der Waals surface area contributed by atoms with Gasteiger partial charge in [0.1, 0.15) is 11.4 Å². The summed E-state index contributed by atoms with van der Waals surface area (Å²) < 4.78 is 21.0. The summed E-state index contributed by atoms with van der Waals surface area (Å²) in [5, 5.41) is 5.46. The standard InChI is InChI=1S/C28H23FN4O3/c1-30-19-5-2-16-3-11-26(34)33(24(16)14-19)21-8-6-18(7-9-21)31-15-20-13-23-27(32-20)22-12-17(29)4-10-25(22)36-28(23)35/h2-5,10-14,18,21,31-32H,6-9,15H2. The minimum Gasteiger partial charge on any atom is -0.422 e. The van der Waals surface area contributed by atoms with Gasteiger partial charge in [-0.3, -0.25) is 4.79 Å². The van der Waals surface area contributed by atoms with Gasteiger partial charge in [0.2, 0.25) is 0 Å². The molecule has 2 aromatic carbocycles. The van der Waals surface area contributed by atoms with Gasteiger partial charge in [-0.2, -0.15) is 0 Å². The lowest BCUT2D eigenvalue weighted by Crippen LogP contribution is -2.35. The van der Waals surface area contributed by atoms with Crippen LogP contribution in [0.5, 0.6) is 0 Å². The van der Waals surface area contributed by atoms with Gasteiger partial charge >= 0.3 is 5.63 Å². The molecule has 0 saturated heterocycles. The number of nitrogens with zero attached hydrogens (tertiary/aromatic N) is 2. The molecular formula is C28H23FN4O3. The number of benzene rings is 2. The van der Waals surface area contributed by atoms with E-state index >= 15 is 0 Å². The molecule has 7 nitrogen and oxygen atoms in total. The molecule has 1 aliphatic carbocycles. The van der Waals surface area contributed by atoms with Gasteiger partial charge in [0.25, 0.3) is 5.56 Å². The number of halogens is 1. The Balaban J connectivity index is 1.18. The molecule has 1 fully saturated rings. The van der Waals surface area contributed by atoms with Crippen molar-refractivity contribution in [2.45, 2.75) is 44.3 Å². The summed E-state index contributed by atoms with van der Waals surface area (Å²) in [6.07, 6.45) is 3.48. The van der Waals surface area contributed by atoms with Crippen LogP contribution in [0, 0.1) is 12.4 Å². The number of H-pyrrole nitrogens is 1. The van der Waals surface area contributed by atoms with E-state index in [4.69, 9.17) is 11.0 Å². The smallest absolute Gasteiger partial charge is 0.345 e. The fraction of sp³-hybridized carbons (Fsp3) is 0.250. The predicted molar refractivity (Wildman–Crippen MR) is 137 cm³/mol. The van der Waals surface area contributed by atoms with Crippen LogP contribution in [0.15, 0.2) is 68.6 Å². The molecule has 5 aromatic rings. The van der Waals surface area contributed by atoms with Crippen molar-refractivity contribution in [3.63, 3.8) is 0 Å². The molecule has 0 radical (unpaired) electrons. The fourth-order valence-corrected chi connectivity index (χ4v) is 5.40. The molecule has 2 N–H and O–H groups in total. The van der Waals surface area contributed by atoms with Crippen LogP contribution < -0.4 is 16.5 Å². The van der Waals surface area contributed by atoms with E-state index in [9.17, 15) is 14.0 Å². The third-order valence-electron chi connectivity index (χ3n) is 7.20. The number of rotatable bonds is 4. The normalized spacial score (nSPS) is 18.1. The maximum Gasteiger partial charge on any atom is 0.345 e. The second-order valence-corrected chi connectivity index (χ2v) is 9.40. The van der Waals surface area contributed by atoms with Crippen LogP contribution in [-0.2, 0) is 6.54 Å². The Hall–Kier alpha value is -4.22. The lowest BCUT2D eigenvalue weighted by Gasteiger charge is -2.31. The van der Waals surface area contributed by atoms with Crippen molar-refractivity contribution in [2.24, 2.45) is 0 Å². The van der Waals surface area contributed by atoms with Crippen LogP contribution in [-0.4, -0.2) is 15.6 Å². The number of hydrogen-bond donors (Lipinski definition) is 2. The van der Waals surface area contributed by atoms with E-state index in [1.54, 1.807) is 24.3 Å². The number of aromatic amines is 1. The Bertz CT molecular complexity index is 1790. The van der Waals surface area contributed by atoms with Gasteiger partial charge in [0, 0.05) is 41.3 Å². The van der Waals surface area contributed by atoms with E-state index in [2.05, 4.69) is 15.1 Å². The summed E-state index contributed by atoms with van der Waals surface area (Å²) in [7, 11) is 0. The van der Waals surface area contributed by atoms with Gasteiger partial charge < -0.3 is 19.3 Å². The second-order valence-electron chi connectivity index (χ2n) is 9.40. The molecule has 8 heteroatoms. The molecule has 0 bridgehead atoms. The topological polar surface area (TPSA) is 84.4 Å². The summed E-state index contributed by atoms with van der Waals surface area (Å²) in [5.74, 6) is -0.390. The maximum absolute atomic E-state index is 13.8. The highest BCUT2D eigenvalue weighted by molar-refractivity contribution is 6.02. The van der Waals surface area contributed by atoms with Crippen LogP contribution in [0.2, 0.25) is 0 Å². The molecule has 1 aliphatic rings.